The van der Waals surface area contributed by atoms with Crippen LogP contribution in [0.5, 0.6) is 0 Å². The Kier molecular flexibility index (Phi) is 4.15. The molecule has 0 aromatic heterocycles. The van der Waals surface area contributed by atoms with E-state index in [1.807, 2.05) is 32.0 Å². The molecule has 0 saturated carbocycles. The van der Waals surface area contributed by atoms with E-state index in [-0.39, 0.29) is 11.6 Å². The number of benzene rings is 2. The average molecular weight is 321 g/mol. The van der Waals surface area contributed by atoms with Gasteiger partial charge in [-0.05, 0) is 54.8 Å². The van der Waals surface area contributed by atoms with E-state index in [4.69, 9.17) is 0 Å². The molecule has 0 atom stereocenters. The molecular weight excluding hydrogens is 307 g/mol. The van der Waals surface area contributed by atoms with Crippen LogP contribution < -0.4 is 0 Å². The monoisotopic (exact) mass is 320 g/mol. The van der Waals surface area contributed by atoms with Gasteiger partial charge in [-0.15, -0.1) is 0 Å². The summed E-state index contributed by atoms with van der Waals surface area (Å²) in [7, 11) is 0. The summed E-state index contributed by atoms with van der Waals surface area (Å²) in [5.41, 5.74) is 3.34. The largest absolute Gasteiger partial charge is 0.294 e. The Balaban J connectivity index is 2.25. The summed E-state index contributed by atoms with van der Waals surface area (Å²) in [5, 5.41) is 0. The number of carbonyl (C=O) groups excluding carboxylic acids is 1. The zero-order valence-electron chi connectivity index (χ0n) is 10.8. The van der Waals surface area contributed by atoms with Gasteiger partial charge in [-0.25, -0.2) is 4.39 Å². The van der Waals surface area contributed by atoms with Crippen LogP contribution in [-0.4, -0.2) is 5.78 Å². The SMILES string of the molecule is Cc1cc(F)ccc1CC(=O)c1ccc(Br)cc1C. The first-order valence-electron chi connectivity index (χ1n) is 6.02. The number of rotatable bonds is 3. The van der Waals surface area contributed by atoms with E-state index in [9.17, 15) is 9.18 Å². The van der Waals surface area contributed by atoms with Crippen molar-refractivity contribution < 1.29 is 9.18 Å². The minimum Gasteiger partial charge on any atom is -0.294 e. The molecule has 0 amide bonds. The van der Waals surface area contributed by atoms with E-state index in [0.29, 0.717) is 12.0 Å². The summed E-state index contributed by atoms with van der Waals surface area (Å²) in [4.78, 5) is 12.3. The van der Waals surface area contributed by atoms with Gasteiger partial charge < -0.3 is 0 Å². The predicted molar refractivity (Wildman–Crippen MR) is 78.1 cm³/mol. The van der Waals surface area contributed by atoms with Crippen LogP contribution >= 0.6 is 15.9 Å². The average Bonchev–Trinajstić information content (AvgIpc) is 2.32. The first-order valence-corrected chi connectivity index (χ1v) is 6.81. The fraction of sp³-hybridized carbons (Fsp3) is 0.188. The lowest BCUT2D eigenvalue weighted by molar-refractivity contribution is 0.0992. The van der Waals surface area contributed by atoms with Crippen LogP contribution in [0.4, 0.5) is 4.39 Å². The van der Waals surface area contributed by atoms with E-state index in [2.05, 4.69) is 15.9 Å². The van der Waals surface area contributed by atoms with Crippen LogP contribution in [-0.2, 0) is 6.42 Å². The fourth-order valence-corrected chi connectivity index (χ4v) is 2.54. The van der Waals surface area contributed by atoms with Gasteiger partial charge >= 0.3 is 0 Å². The Morgan fingerprint density at radius 1 is 1.11 bits per heavy atom. The third kappa shape index (κ3) is 3.29. The van der Waals surface area contributed by atoms with E-state index in [0.717, 1.165) is 21.2 Å². The Morgan fingerprint density at radius 3 is 2.47 bits per heavy atom. The fourth-order valence-electron chi connectivity index (χ4n) is 2.07. The second-order valence-corrected chi connectivity index (χ2v) is 5.55. The van der Waals surface area contributed by atoms with Crippen LogP contribution in [0, 0.1) is 19.7 Å². The lowest BCUT2D eigenvalue weighted by Crippen LogP contribution is -2.07. The lowest BCUT2D eigenvalue weighted by Gasteiger charge is -2.08. The van der Waals surface area contributed by atoms with Crippen LogP contribution in [0.15, 0.2) is 40.9 Å². The highest BCUT2D eigenvalue weighted by molar-refractivity contribution is 9.10. The molecule has 19 heavy (non-hydrogen) atoms. The Bertz CT molecular complexity index is 635. The molecule has 2 aromatic rings. The van der Waals surface area contributed by atoms with Crippen LogP contribution in [0.25, 0.3) is 0 Å². The van der Waals surface area contributed by atoms with E-state index >= 15 is 0 Å². The molecule has 2 rings (SSSR count). The topological polar surface area (TPSA) is 17.1 Å². The molecule has 2 aromatic carbocycles. The molecule has 0 heterocycles. The van der Waals surface area contributed by atoms with Crippen molar-refractivity contribution in [3.63, 3.8) is 0 Å². The van der Waals surface area contributed by atoms with E-state index in [1.54, 1.807) is 6.07 Å². The highest BCUT2D eigenvalue weighted by Gasteiger charge is 2.11. The highest BCUT2D eigenvalue weighted by Crippen LogP contribution is 2.19. The van der Waals surface area contributed by atoms with Gasteiger partial charge in [0.2, 0.25) is 0 Å². The van der Waals surface area contributed by atoms with Crippen molar-refractivity contribution >= 4 is 21.7 Å². The molecule has 3 heteroatoms. The second-order valence-electron chi connectivity index (χ2n) is 4.63. The smallest absolute Gasteiger partial charge is 0.167 e. The molecular formula is C16H14BrFO. The Labute approximate surface area is 120 Å². The number of ketones is 1. The number of aryl methyl sites for hydroxylation is 2. The van der Waals surface area contributed by atoms with Crippen molar-refractivity contribution in [3.8, 4) is 0 Å². The maximum Gasteiger partial charge on any atom is 0.167 e. The number of Topliss-reactive ketones (excluding diaryl/α,β-unsaturated/α-hetero) is 1. The number of carbonyl (C=O) groups is 1. The minimum atomic E-state index is -0.270. The Morgan fingerprint density at radius 2 is 1.84 bits per heavy atom. The van der Waals surface area contributed by atoms with Crippen molar-refractivity contribution in [1.82, 2.24) is 0 Å². The van der Waals surface area contributed by atoms with Crippen molar-refractivity contribution in [2.75, 3.05) is 0 Å². The second kappa shape index (κ2) is 5.66. The minimum absolute atomic E-state index is 0.0553. The van der Waals surface area contributed by atoms with Gasteiger partial charge in [0.05, 0.1) is 0 Å². The summed E-state index contributed by atoms with van der Waals surface area (Å²) in [6, 6.07) is 10.1. The molecule has 0 N–H and O–H groups in total. The van der Waals surface area contributed by atoms with Crippen molar-refractivity contribution in [3.05, 3.63) is 68.9 Å². The molecule has 0 aliphatic rings. The zero-order chi connectivity index (χ0) is 14.0. The maximum atomic E-state index is 13.0. The number of hydrogen-bond donors (Lipinski definition) is 0. The maximum absolute atomic E-state index is 13.0. The molecule has 0 aliphatic carbocycles. The summed E-state index contributed by atoms with van der Waals surface area (Å²) in [6.45, 7) is 3.73. The molecule has 0 radical (unpaired) electrons. The van der Waals surface area contributed by atoms with Crippen LogP contribution in [0.2, 0.25) is 0 Å². The van der Waals surface area contributed by atoms with Crippen molar-refractivity contribution in [2.45, 2.75) is 20.3 Å². The van der Waals surface area contributed by atoms with Crippen LogP contribution in [0.1, 0.15) is 27.0 Å². The van der Waals surface area contributed by atoms with Gasteiger partial charge in [0.15, 0.2) is 5.78 Å². The third-order valence-corrected chi connectivity index (χ3v) is 3.64. The van der Waals surface area contributed by atoms with Crippen molar-refractivity contribution in [1.29, 1.82) is 0 Å². The van der Waals surface area contributed by atoms with E-state index < -0.39 is 0 Å². The zero-order valence-corrected chi connectivity index (χ0v) is 12.4. The molecule has 98 valence electrons. The molecule has 1 nitrogen and oxygen atoms in total. The third-order valence-electron chi connectivity index (χ3n) is 3.14. The first-order chi connectivity index (χ1) is 8.97. The predicted octanol–water partition coefficient (Wildman–Crippen LogP) is 4.63. The quantitative estimate of drug-likeness (QED) is 0.753. The Hall–Kier alpha value is -1.48. The summed E-state index contributed by atoms with van der Waals surface area (Å²) >= 11 is 3.38. The molecule has 0 unspecified atom stereocenters. The summed E-state index contributed by atoms with van der Waals surface area (Å²) < 4.78 is 14.0. The highest BCUT2D eigenvalue weighted by atomic mass is 79.9. The van der Waals surface area contributed by atoms with Gasteiger partial charge in [0.25, 0.3) is 0 Å². The van der Waals surface area contributed by atoms with Crippen molar-refractivity contribution in [2.24, 2.45) is 0 Å². The van der Waals surface area contributed by atoms with Gasteiger partial charge in [-0.2, -0.15) is 0 Å². The molecule has 0 saturated heterocycles. The molecule has 0 bridgehead atoms. The van der Waals surface area contributed by atoms with Gasteiger partial charge in [0.1, 0.15) is 5.82 Å². The van der Waals surface area contributed by atoms with Gasteiger partial charge in [0, 0.05) is 16.5 Å². The van der Waals surface area contributed by atoms with E-state index in [1.165, 1.54) is 12.1 Å². The normalized spacial score (nSPS) is 10.5. The summed E-state index contributed by atoms with van der Waals surface area (Å²) in [5.74, 6) is -0.215. The molecule has 0 fully saturated rings. The standard InChI is InChI=1S/C16H14BrFO/c1-10-8-14(18)5-3-12(10)9-16(19)15-6-4-13(17)7-11(15)2/h3-8H,9H2,1-2H3. The van der Waals surface area contributed by atoms with Crippen LogP contribution in [0.3, 0.4) is 0 Å². The lowest BCUT2D eigenvalue weighted by atomic mass is 9.97. The van der Waals surface area contributed by atoms with Gasteiger partial charge in [-0.3, -0.25) is 4.79 Å². The molecule has 0 aliphatic heterocycles. The number of hydrogen-bond acceptors (Lipinski definition) is 1. The molecule has 0 spiro atoms. The first kappa shape index (κ1) is 13.9. The summed E-state index contributed by atoms with van der Waals surface area (Å²) in [6.07, 6.45) is 0.300. The number of halogens is 2. The van der Waals surface area contributed by atoms with Gasteiger partial charge in [-0.1, -0.05) is 28.1 Å².